The Kier molecular flexibility index (Phi) is 6.09. The molecule has 24 heavy (non-hydrogen) atoms. The minimum atomic E-state index is -0.198. The molecule has 0 saturated carbocycles. The van der Waals surface area contributed by atoms with Gasteiger partial charge < -0.3 is 15.0 Å². The lowest BCUT2D eigenvalue weighted by Gasteiger charge is -2.31. The van der Waals surface area contributed by atoms with Crippen molar-refractivity contribution >= 4 is 23.3 Å². The van der Waals surface area contributed by atoms with Gasteiger partial charge in [-0.2, -0.15) is 0 Å². The third-order valence-electron chi connectivity index (χ3n) is 4.73. The monoisotopic (exact) mass is 333 g/mol. The van der Waals surface area contributed by atoms with Gasteiger partial charge in [0.25, 0.3) is 5.91 Å². The number of likely N-dealkylation sites (tertiary alicyclic amines) is 1. The Morgan fingerprint density at radius 2 is 1.75 bits per heavy atom. The van der Waals surface area contributed by atoms with Crippen LogP contribution in [0.2, 0.25) is 0 Å². The number of nitrogens with one attached hydrogen (secondary N) is 2. The van der Waals surface area contributed by atoms with Crippen LogP contribution in [-0.4, -0.2) is 43.9 Å². The molecule has 6 heteroatoms. The standard InChI is InChI=1S/C18H24N2O4/c1-12(20-10-8-15(9-11-20)18(23)24-3)17(22)19-16-6-4-14(5-7-16)13(2)21/h4-7,12,15H,8-11H2,1-3H3,(H,19,22)/p+1/t12-/m1/s1. The van der Waals surface area contributed by atoms with Gasteiger partial charge in [-0.25, -0.2) is 0 Å². The fourth-order valence-corrected chi connectivity index (χ4v) is 3.05. The molecule has 6 nitrogen and oxygen atoms in total. The second kappa shape index (κ2) is 8.06. The van der Waals surface area contributed by atoms with Crippen molar-refractivity contribution in [2.75, 3.05) is 25.5 Å². The minimum Gasteiger partial charge on any atom is -0.469 e. The van der Waals surface area contributed by atoms with E-state index in [1.807, 2.05) is 6.92 Å². The summed E-state index contributed by atoms with van der Waals surface area (Å²) in [6, 6.07) is 6.69. The lowest BCUT2D eigenvalue weighted by molar-refractivity contribution is -0.919. The molecule has 1 heterocycles. The van der Waals surface area contributed by atoms with Crippen molar-refractivity contribution in [2.45, 2.75) is 32.7 Å². The van der Waals surface area contributed by atoms with Gasteiger partial charge in [0.1, 0.15) is 0 Å². The van der Waals surface area contributed by atoms with Crippen molar-refractivity contribution in [1.29, 1.82) is 0 Å². The van der Waals surface area contributed by atoms with Crippen molar-refractivity contribution < 1.29 is 24.0 Å². The van der Waals surface area contributed by atoms with Crippen LogP contribution in [0.3, 0.4) is 0 Å². The summed E-state index contributed by atoms with van der Waals surface area (Å²) >= 11 is 0. The summed E-state index contributed by atoms with van der Waals surface area (Å²) < 4.78 is 4.79. The fraction of sp³-hybridized carbons (Fsp3) is 0.500. The van der Waals surface area contributed by atoms with Crippen molar-refractivity contribution in [3.8, 4) is 0 Å². The van der Waals surface area contributed by atoms with Crippen LogP contribution in [0.25, 0.3) is 0 Å². The molecule has 1 aromatic carbocycles. The average molecular weight is 333 g/mol. The van der Waals surface area contributed by atoms with Crippen LogP contribution >= 0.6 is 0 Å². The highest BCUT2D eigenvalue weighted by Gasteiger charge is 2.33. The number of rotatable bonds is 5. The number of ether oxygens (including phenoxy) is 1. The Hall–Kier alpha value is -2.21. The van der Waals surface area contributed by atoms with Gasteiger partial charge in [-0.3, -0.25) is 14.4 Å². The number of piperidine rings is 1. The molecule has 0 spiro atoms. The Bertz CT molecular complexity index is 604. The maximum atomic E-state index is 12.4. The number of anilines is 1. The number of carbonyl (C=O) groups is 3. The summed E-state index contributed by atoms with van der Waals surface area (Å²) in [4.78, 5) is 36.4. The first kappa shape index (κ1) is 18.1. The van der Waals surface area contributed by atoms with Gasteiger partial charge in [0.15, 0.2) is 11.8 Å². The number of hydrogen-bond acceptors (Lipinski definition) is 4. The Balaban J connectivity index is 1.88. The second-order valence-electron chi connectivity index (χ2n) is 6.30. The van der Waals surface area contributed by atoms with E-state index in [4.69, 9.17) is 4.74 Å². The largest absolute Gasteiger partial charge is 0.469 e. The molecular weight excluding hydrogens is 308 g/mol. The van der Waals surface area contributed by atoms with E-state index in [1.165, 1.54) is 18.9 Å². The Morgan fingerprint density at radius 1 is 1.17 bits per heavy atom. The average Bonchev–Trinajstić information content (AvgIpc) is 2.61. The first-order chi connectivity index (χ1) is 11.4. The topological polar surface area (TPSA) is 76.9 Å². The number of esters is 1. The van der Waals surface area contributed by atoms with Gasteiger partial charge in [0, 0.05) is 24.1 Å². The van der Waals surface area contributed by atoms with E-state index in [0.29, 0.717) is 11.3 Å². The highest BCUT2D eigenvalue weighted by molar-refractivity contribution is 5.96. The first-order valence-electron chi connectivity index (χ1n) is 8.26. The third kappa shape index (κ3) is 4.41. The van der Waals surface area contributed by atoms with Crippen LogP contribution in [0.4, 0.5) is 5.69 Å². The summed E-state index contributed by atoms with van der Waals surface area (Å²) in [6.07, 6.45) is 1.49. The number of amides is 1. The van der Waals surface area contributed by atoms with Crippen LogP contribution in [-0.2, 0) is 14.3 Å². The lowest BCUT2D eigenvalue weighted by atomic mass is 9.96. The third-order valence-corrected chi connectivity index (χ3v) is 4.73. The molecule has 2 N–H and O–H groups in total. The second-order valence-corrected chi connectivity index (χ2v) is 6.30. The zero-order chi connectivity index (χ0) is 17.7. The van der Waals surface area contributed by atoms with Crippen LogP contribution in [0.1, 0.15) is 37.0 Å². The molecule has 2 rings (SSSR count). The molecule has 1 saturated heterocycles. The van der Waals surface area contributed by atoms with Crippen molar-refractivity contribution in [1.82, 2.24) is 0 Å². The fourth-order valence-electron chi connectivity index (χ4n) is 3.05. The maximum Gasteiger partial charge on any atom is 0.309 e. The molecular formula is C18H25N2O4+. The van der Waals surface area contributed by atoms with E-state index in [0.717, 1.165) is 25.9 Å². The van der Waals surface area contributed by atoms with Crippen LogP contribution in [0.15, 0.2) is 24.3 Å². The summed E-state index contributed by atoms with van der Waals surface area (Å²) in [5.41, 5.74) is 1.30. The van der Waals surface area contributed by atoms with Gasteiger partial charge in [0.05, 0.1) is 26.1 Å². The number of benzene rings is 1. The molecule has 1 aliphatic rings. The number of methoxy groups -OCH3 is 1. The van der Waals surface area contributed by atoms with Gasteiger partial charge in [-0.05, 0) is 38.1 Å². The molecule has 0 radical (unpaired) electrons. The number of hydrogen-bond donors (Lipinski definition) is 2. The molecule has 1 fully saturated rings. The summed E-state index contributed by atoms with van der Waals surface area (Å²) in [7, 11) is 1.41. The highest BCUT2D eigenvalue weighted by Crippen LogP contribution is 2.12. The van der Waals surface area contributed by atoms with Gasteiger partial charge in [-0.15, -0.1) is 0 Å². The molecule has 1 aliphatic heterocycles. The minimum absolute atomic E-state index is 0.000772. The zero-order valence-electron chi connectivity index (χ0n) is 14.4. The summed E-state index contributed by atoms with van der Waals surface area (Å²) in [6.45, 7) is 4.96. The van der Waals surface area contributed by atoms with Crippen molar-refractivity contribution in [3.05, 3.63) is 29.8 Å². The molecule has 0 bridgehead atoms. The Morgan fingerprint density at radius 3 is 2.25 bits per heavy atom. The summed E-state index contributed by atoms with van der Waals surface area (Å²) in [5.74, 6) is -0.263. The SMILES string of the molecule is COC(=O)C1CC[NH+]([C@H](C)C(=O)Nc2ccc(C(C)=O)cc2)CC1. The van der Waals surface area contributed by atoms with Crippen LogP contribution in [0, 0.1) is 5.92 Å². The van der Waals surface area contributed by atoms with E-state index in [9.17, 15) is 14.4 Å². The molecule has 130 valence electrons. The van der Waals surface area contributed by atoms with Crippen molar-refractivity contribution in [3.63, 3.8) is 0 Å². The molecule has 1 amide bonds. The van der Waals surface area contributed by atoms with Gasteiger partial charge in [0.2, 0.25) is 0 Å². The maximum absolute atomic E-state index is 12.4. The first-order valence-corrected chi connectivity index (χ1v) is 8.26. The van der Waals surface area contributed by atoms with E-state index >= 15 is 0 Å². The summed E-state index contributed by atoms with van der Waals surface area (Å²) in [5, 5.41) is 2.89. The number of Topliss-reactive ketones (excluding diaryl/α,β-unsaturated/α-hetero) is 1. The van der Waals surface area contributed by atoms with E-state index < -0.39 is 0 Å². The Labute approximate surface area is 142 Å². The molecule has 0 unspecified atom stereocenters. The van der Waals surface area contributed by atoms with Gasteiger partial charge in [-0.1, -0.05) is 0 Å². The molecule has 1 aromatic rings. The quantitative estimate of drug-likeness (QED) is 0.614. The zero-order valence-corrected chi connectivity index (χ0v) is 14.4. The molecule has 0 aliphatic carbocycles. The number of ketones is 1. The van der Waals surface area contributed by atoms with Crippen LogP contribution in [0.5, 0.6) is 0 Å². The molecule has 1 atom stereocenters. The number of carbonyl (C=O) groups excluding carboxylic acids is 3. The predicted molar refractivity (Wildman–Crippen MR) is 90.0 cm³/mol. The van der Waals surface area contributed by atoms with Crippen LogP contribution < -0.4 is 10.2 Å². The van der Waals surface area contributed by atoms with E-state index in [1.54, 1.807) is 24.3 Å². The van der Waals surface area contributed by atoms with Crippen molar-refractivity contribution in [2.24, 2.45) is 5.92 Å². The van der Waals surface area contributed by atoms with E-state index in [-0.39, 0.29) is 29.6 Å². The number of quaternary nitrogens is 1. The lowest BCUT2D eigenvalue weighted by Crippen LogP contribution is -3.17. The normalized spacial score (nSPS) is 21.6. The van der Waals surface area contributed by atoms with E-state index in [2.05, 4.69) is 5.32 Å². The molecule has 0 aromatic heterocycles. The highest BCUT2D eigenvalue weighted by atomic mass is 16.5. The smallest absolute Gasteiger partial charge is 0.309 e. The predicted octanol–water partition coefficient (Wildman–Crippen LogP) is 0.684. The van der Waals surface area contributed by atoms with Gasteiger partial charge >= 0.3 is 5.97 Å².